The molecule has 0 radical (unpaired) electrons. The van der Waals surface area contributed by atoms with Crippen molar-refractivity contribution in [3.63, 3.8) is 0 Å². The van der Waals surface area contributed by atoms with Crippen LogP contribution in [-0.2, 0) is 10.1 Å². The molecule has 0 aliphatic heterocycles. The zero-order chi connectivity index (χ0) is 13.9. The molecular formula is C14H20O3S. The molecule has 100 valence electrons. The molecule has 0 heterocycles. The van der Waals surface area contributed by atoms with E-state index in [9.17, 15) is 8.42 Å². The first-order valence-corrected chi connectivity index (χ1v) is 7.76. The van der Waals surface area contributed by atoms with E-state index in [1.807, 2.05) is 32.9 Å². The number of benzene rings is 1. The van der Waals surface area contributed by atoms with Crippen LogP contribution in [0.15, 0.2) is 18.2 Å². The van der Waals surface area contributed by atoms with E-state index >= 15 is 0 Å². The van der Waals surface area contributed by atoms with Gasteiger partial charge in [0, 0.05) is 0 Å². The zero-order valence-corrected chi connectivity index (χ0v) is 12.4. The van der Waals surface area contributed by atoms with E-state index in [0.717, 1.165) is 29.4 Å². The highest BCUT2D eigenvalue weighted by Gasteiger charge is 2.12. The van der Waals surface area contributed by atoms with Crippen molar-refractivity contribution in [2.24, 2.45) is 0 Å². The molecule has 0 aliphatic rings. The maximum absolute atomic E-state index is 11.2. The Morgan fingerprint density at radius 3 is 2.11 bits per heavy atom. The van der Waals surface area contributed by atoms with Crippen molar-refractivity contribution in [2.75, 3.05) is 6.26 Å². The molecule has 0 atom stereocenters. The summed E-state index contributed by atoms with van der Waals surface area (Å²) >= 11 is 0. The molecule has 0 spiro atoms. The maximum atomic E-state index is 11.2. The van der Waals surface area contributed by atoms with Crippen LogP contribution in [0.25, 0.3) is 5.57 Å². The average molecular weight is 268 g/mol. The van der Waals surface area contributed by atoms with Gasteiger partial charge in [-0.3, -0.25) is 0 Å². The number of hydrogen-bond donors (Lipinski definition) is 0. The summed E-state index contributed by atoms with van der Waals surface area (Å²) in [4.78, 5) is 0. The van der Waals surface area contributed by atoms with Gasteiger partial charge in [-0.2, -0.15) is 8.42 Å². The van der Waals surface area contributed by atoms with Crippen LogP contribution in [0.4, 0.5) is 0 Å². The topological polar surface area (TPSA) is 43.4 Å². The standard InChI is InChI=1S/C14H20O3S/c1-6-12(7-2)13-8-10(3)14(11(4)9-13)17-18(5,15)16/h6,8-9H,7H2,1-5H3. The van der Waals surface area contributed by atoms with Gasteiger partial charge in [0.25, 0.3) is 0 Å². The van der Waals surface area contributed by atoms with Gasteiger partial charge in [-0.15, -0.1) is 0 Å². The Kier molecular flexibility index (Phi) is 4.57. The molecule has 0 amide bonds. The second kappa shape index (κ2) is 5.57. The minimum Gasteiger partial charge on any atom is -0.382 e. The number of allylic oxidation sites excluding steroid dienone is 2. The first kappa shape index (κ1) is 14.8. The first-order valence-electron chi connectivity index (χ1n) is 5.94. The third-order valence-corrected chi connectivity index (χ3v) is 3.26. The summed E-state index contributed by atoms with van der Waals surface area (Å²) in [5.74, 6) is 0.438. The molecule has 0 fully saturated rings. The fourth-order valence-electron chi connectivity index (χ4n) is 1.99. The van der Waals surface area contributed by atoms with Crippen molar-refractivity contribution in [1.29, 1.82) is 0 Å². The molecule has 0 saturated carbocycles. The van der Waals surface area contributed by atoms with E-state index in [4.69, 9.17) is 4.18 Å². The lowest BCUT2D eigenvalue weighted by atomic mass is 9.98. The Morgan fingerprint density at radius 1 is 1.28 bits per heavy atom. The lowest BCUT2D eigenvalue weighted by Gasteiger charge is -2.13. The number of rotatable bonds is 4. The van der Waals surface area contributed by atoms with Gasteiger partial charge in [0.2, 0.25) is 0 Å². The summed E-state index contributed by atoms with van der Waals surface area (Å²) < 4.78 is 27.4. The summed E-state index contributed by atoms with van der Waals surface area (Å²) in [5, 5.41) is 0. The molecule has 0 aliphatic carbocycles. The van der Waals surface area contributed by atoms with Crippen LogP contribution in [0, 0.1) is 13.8 Å². The molecule has 0 saturated heterocycles. The van der Waals surface area contributed by atoms with Gasteiger partial charge in [-0.05, 0) is 61.6 Å². The highest BCUT2D eigenvalue weighted by molar-refractivity contribution is 7.86. The second-order valence-corrected chi connectivity index (χ2v) is 5.97. The molecule has 0 unspecified atom stereocenters. The van der Waals surface area contributed by atoms with Crippen LogP contribution in [0.1, 0.15) is 37.0 Å². The highest BCUT2D eigenvalue weighted by atomic mass is 32.2. The molecule has 3 nitrogen and oxygen atoms in total. The Morgan fingerprint density at radius 2 is 1.78 bits per heavy atom. The van der Waals surface area contributed by atoms with E-state index in [1.54, 1.807) is 0 Å². The van der Waals surface area contributed by atoms with Gasteiger partial charge in [0.1, 0.15) is 5.75 Å². The Hall–Kier alpha value is -1.29. The summed E-state index contributed by atoms with van der Waals surface area (Å²) in [7, 11) is -3.48. The predicted molar refractivity (Wildman–Crippen MR) is 75.3 cm³/mol. The van der Waals surface area contributed by atoms with Gasteiger partial charge < -0.3 is 4.18 Å². The van der Waals surface area contributed by atoms with Crippen molar-refractivity contribution in [1.82, 2.24) is 0 Å². The van der Waals surface area contributed by atoms with E-state index < -0.39 is 10.1 Å². The van der Waals surface area contributed by atoms with Gasteiger partial charge in [0.05, 0.1) is 6.26 Å². The van der Waals surface area contributed by atoms with Crippen molar-refractivity contribution in [3.8, 4) is 5.75 Å². The molecule has 18 heavy (non-hydrogen) atoms. The molecule has 1 aromatic rings. The molecule has 1 aromatic carbocycles. The van der Waals surface area contributed by atoms with Gasteiger partial charge in [-0.1, -0.05) is 13.0 Å². The van der Waals surface area contributed by atoms with Crippen molar-refractivity contribution >= 4 is 15.7 Å². The van der Waals surface area contributed by atoms with Crippen LogP contribution >= 0.6 is 0 Å². The smallest absolute Gasteiger partial charge is 0.306 e. The van der Waals surface area contributed by atoms with Crippen molar-refractivity contribution < 1.29 is 12.6 Å². The SMILES string of the molecule is CC=C(CC)c1cc(C)c(OS(C)(=O)=O)c(C)c1. The summed E-state index contributed by atoms with van der Waals surface area (Å²) in [5.41, 5.74) is 4.04. The second-order valence-electron chi connectivity index (χ2n) is 4.39. The van der Waals surface area contributed by atoms with Crippen LogP contribution in [-0.4, -0.2) is 14.7 Å². The predicted octanol–water partition coefficient (Wildman–Crippen LogP) is 3.46. The lowest BCUT2D eigenvalue weighted by molar-refractivity contribution is 0.489. The fourth-order valence-corrected chi connectivity index (χ4v) is 2.56. The third-order valence-electron chi connectivity index (χ3n) is 2.80. The quantitative estimate of drug-likeness (QED) is 0.785. The minimum atomic E-state index is -3.48. The largest absolute Gasteiger partial charge is 0.382 e. The van der Waals surface area contributed by atoms with Crippen molar-refractivity contribution in [3.05, 3.63) is 34.9 Å². The average Bonchev–Trinajstić information content (AvgIpc) is 2.24. The van der Waals surface area contributed by atoms with E-state index in [-0.39, 0.29) is 0 Å². The molecule has 0 bridgehead atoms. The van der Waals surface area contributed by atoms with E-state index in [2.05, 4.69) is 13.0 Å². The molecule has 4 heteroatoms. The van der Waals surface area contributed by atoms with Crippen LogP contribution in [0.3, 0.4) is 0 Å². The van der Waals surface area contributed by atoms with Gasteiger partial charge in [0.15, 0.2) is 0 Å². The highest BCUT2D eigenvalue weighted by Crippen LogP contribution is 2.29. The van der Waals surface area contributed by atoms with Crippen LogP contribution in [0.2, 0.25) is 0 Å². The molecule has 0 N–H and O–H groups in total. The van der Waals surface area contributed by atoms with Crippen LogP contribution in [0.5, 0.6) is 5.75 Å². The third kappa shape index (κ3) is 3.60. The zero-order valence-electron chi connectivity index (χ0n) is 11.6. The Labute approximate surface area is 110 Å². The Bertz CT molecular complexity index is 546. The summed E-state index contributed by atoms with van der Waals surface area (Å²) in [6, 6.07) is 3.93. The normalized spacial score (nSPS) is 12.6. The number of hydrogen-bond acceptors (Lipinski definition) is 3. The minimum absolute atomic E-state index is 0.438. The monoisotopic (exact) mass is 268 g/mol. The number of aryl methyl sites for hydroxylation is 2. The lowest BCUT2D eigenvalue weighted by Crippen LogP contribution is -2.08. The molecule has 1 rings (SSSR count). The van der Waals surface area contributed by atoms with Crippen molar-refractivity contribution in [2.45, 2.75) is 34.1 Å². The fraction of sp³-hybridized carbons (Fsp3) is 0.429. The maximum Gasteiger partial charge on any atom is 0.306 e. The summed E-state index contributed by atoms with van der Waals surface area (Å²) in [6.45, 7) is 7.82. The van der Waals surface area contributed by atoms with E-state index in [1.165, 1.54) is 5.57 Å². The molecule has 0 aromatic heterocycles. The van der Waals surface area contributed by atoms with Crippen LogP contribution < -0.4 is 4.18 Å². The van der Waals surface area contributed by atoms with Gasteiger partial charge >= 0.3 is 10.1 Å². The Balaban J connectivity index is 3.29. The van der Waals surface area contributed by atoms with Gasteiger partial charge in [-0.25, -0.2) is 0 Å². The summed E-state index contributed by atoms with van der Waals surface area (Å²) in [6.07, 6.45) is 4.08. The first-order chi connectivity index (χ1) is 8.28. The van der Waals surface area contributed by atoms with E-state index in [0.29, 0.717) is 5.75 Å². The molecular weight excluding hydrogens is 248 g/mol.